The summed E-state index contributed by atoms with van der Waals surface area (Å²) in [5.41, 5.74) is -1.57. The van der Waals surface area contributed by atoms with Gasteiger partial charge in [-0.2, -0.15) is 13.2 Å². The molecule has 1 heterocycles. The predicted octanol–water partition coefficient (Wildman–Crippen LogP) is 2.81. The van der Waals surface area contributed by atoms with E-state index >= 15 is 0 Å². The summed E-state index contributed by atoms with van der Waals surface area (Å²) in [5.74, 6) is -2.06. The van der Waals surface area contributed by atoms with Crippen molar-refractivity contribution in [1.82, 2.24) is 9.55 Å². The first-order valence-electron chi connectivity index (χ1n) is 5.18. The Hall–Kier alpha value is -2.18. The molecule has 0 amide bonds. The lowest BCUT2D eigenvalue weighted by Crippen LogP contribution is -2.12. The molecule has 0 fully saturated rings. The van der Waals surface area contributed by atoms with Gasteiger partial charge < -0.3 is 4.57 Å². The second-order valence-corrected chi connectivity index (χ2v) is 3.91. The summed E-state index contributed by atoms with van der Waals surface area (Å²) in [5, 5.41) is 0. The number of nitrogens with zero attached hydrogens (tertiary/aromatic N) is 2. The zero-order valence-electron chi connectivity index (χ0n) is 9.70. The Labute approximate surface area is 105 Å². The predicted molar refractivity (Wildman–Crippen MR) is 58.0 cm³/mol. The van der Waals surface area contributed by atoms with E-state index in [9.17, 15) is 22.4 Å². The Morgan fingerprint density at radius 2 is 2.00 bits per heavy atom. The lowest BCUT2D eigenvalue weighted by molar-refractivity contribution is -0.140. The number of alkyl halides is 3. The number of benzene rings is 1. The molecule has 0 atom stereocenters. The number of aryl methyl sites for hydroxylation is 1. The highest BCUT2D eigenvalue weighted by Crippen LogP contribution is 2.32. The van der Waals surface area contributed by atoms with Gasteiger partial charge in [0.15, 0.2) is 0 Å². The topological polar surface area (TPSA) is 34.9 Å². The smallest absolute Gasteiger partial charge is 0.331 e. The number of carbonyl (C=O) groups is 1. The molecule has 7 heteroatoms. The number of imidazole rings is 1. The highest BCUT2D eigenvalue weighted by Gasteiger charge is 2.34. The minimum Gasteiger partial charge on any atom is -0.331 e. The van der Waals surface area contributed by atoms with E-state index in [1.807, 2.05) is 0 Å². The fourth-order valence-electron chi connectivity index (χ4n) is 1.61. The van der Waals surface area contributed by atoms with Crippen molar-refractivity contribution in [1.29, 1.82) is 0 Å². The molecule has 0 aliphatic rings. The minimum absolute atomic E-state index is 0.125. The van der Waals surface area contributed by atoms with E-state index in [0.717, 1.165) is 6.07 Å². The van der Waals surface area contributed by atoms with Gasteiger partial charge in [0.25, 0.3) is 0 Å². The standard InChI is InChI=1S/C12H8F4N2O/c1-18-6-17-5-10(18)11(19)7-2-3-9(13)8(4-7)12(14,15)16/h2-6H,1H3. The molecule has 0 radical (unpaired) electrons. The lowest BCUT2D eigenvalue weighted by Gasteiger charge is -2.09. The molecule has 0 aliphatic heterocycles. The van der Waals surface area contributed by atoms with Crippen LogP contribution in [0.1, 0.15) is 21.6 Å². The molecule has 19 heavy (non-hydrogen) atoms. The Balaban J connectivity index is 2.48. The van der Waals surface area contributed by atoms with E-state index in [1.165, 1.54) is 24.1 Å². The molecule has 1 aromatic heterocycles. The molecule has 0 unspecified atom stereocenters. The normalized spacial score (nSPS) is 11.6. The van der Waals surface area contributed by atoms with Crippen LogP contribution in [0.5, 0.6) is 0 Å². The van der Waals surface area contributed by atoms with E-state index in [2.05, 4.69) is 4.98 Å². The Kier molecular flexibility index (Phi) is 3.13. The SMILES string of the molecule is Cn1cncc1C(=O)c1ccc(F)c(C(F)(F)F)c1. The maximum atomic E-state index is 13.1. The molecule has 0 aliphatic carbocycles. The van der Waals surface area contributed by atoms with Crippen LogP contribution in [0, 0.1) is 5.82 Å². The molecule has 3 nitrogen and oxygen atoms in total. The molecule has 0 saturated heterocycles. The molecular formula is C12H8F4N2O. The molecule has 0 N–H and O–H groups in total. The van der Waals surface area contributed by atoms with Crippen molar-refractivity contribution < 1.29 is 22.4 Å². The Bertz CT molecular complexity index is 631. The van der Waals surface area contributed by atoms with E-state index in [-0.39, 0.29) is 11.3 Å². The molecule has 100 valence electrons. The van der Waals surface area contributed by atoms with Crippen LogP contribution < -0.4 is 0 Å². The summed E-state index contributed by atoms with van der Waals surface area (Å²) in [6.45, 7) is 0. The van der Waals surface area contributed by atoms with Crippen LogP contribution in [0.25, 0.3) is 0 Å². The van der Waals surface area contributed by atoms with Gasteiger partial charge in [-0.15, -0.1) is 0 Å². The number of hydrogen-bond acceptors (Lipinski definition) is 2. The number of halogens is 4. The maximum absolute atomic E-state index is 13.1. The van der Waals surface area contributed by atoms with Crippen molar-refractivity contribution in [2.75, 3.05) is 0 Å². The van der Waals surface area contributed by atoms with Crippen LogP contribution in [0.4, 0.5) is 17.6 Å². The number of aromatic nitrogens is 2. The second kappa shape index (κ2) is 4.49. The minimum atomic E-state index is -4.84. The summed E-state index contributed by atoms with van der Waals surface area (Å²) < 4.78 is 52.1. The van der Waals surface area contributed by atoms with Crippen molar-refractivity contribution in [3.63, 3.8) is 0 Å². The number of rotatable bonds is 2. The van der Waals surface area contributed by atoms with Gasteiger partial charge >= 0.3 is 6.18 Å². The van der Waals surface area contributed by atoms with Crippen LogP contribution in [0.15, 0.2) is 30.7 Å². The van der Waals surface area contributed by atoms with E-state index in [1.54, 1.807) is 0 Å². The van der Waals surface area contributed by atoms with Crippen molar-refractivity contribution >= 4 is 5.78 Å². The molecule has 0 spiro atoms. The van der Waals surface area contributed by atoms with Gasteiger partial charge in [-0.3, -0.25) is 4.79 Å². The fraction of sp³-hybridized carbons (Fsp3) is 0.167. The Morgan fingerprint density at radius 3 is 2.53 bits per heavy atom. The summed E-state index contributed by atoms with van der Waals surface area (Å²) in [7, 11) is 1.54. The van der Waals surface area contributed by atoms with Crippen LogP contribution in [-0.2, 0) is 13.2 Å². The number of ketones is 1. The maximum Gasteiger partial charge on any atom is 0.419 e. The third-order valence-corrected chi connectivity index (χ3v) is 2.58. The first kappa shape index (κ1) is 13.3. The lowest BCUT2D eigenvalue weighted by atomic mass is 10.0. The van der Waals surface area contributed by atoms with Gasteiger partial charge in [-0.05, 0) is 18.2 Å². The van der Waals surface area contributed by atoms with Crippen LogP contribution >= 0.6 is 0 Å². The summed E-state index contributed by atoms with van der Waals surface area (Å²) in [6.07, 6.45) is -2.26. The van der Waals surface area contributed by atoms with E-state index < -0.39 is 23.3 Å². The van der Waals surface area contributed by atoms with E-state index in [4.69, 9.17) is 0 Å². The van der Waals surface area contributed by atoms with Gasteiger partial charge in [-0.1, -0.05) is 0 Å². The van der Waals surface area contributed by atoms with Crippen molar-refractivity contribution in [2.45, 2.75) is 6.18 Å². The average molecular weight is 272 g/mol. The quantitative estimate of drug-likeness (QED) is 0.622. The van der Waals surface area contributed by atoms with Crippen molar-refractivity contribution in [3.8, 4) is 0 Å². The molecular weight excluding hydrogens is 264 g/mol. The molecule has 0 bridgehead atoms. The number of carbonyl (C=O) groups excluding carboxylic acids is 1. The largest absolute Gasteiger partial charge is 0.419 e. The second-order valence-electron chi connectivity index (χ2n) is 3.91. The monoisotopic (exact) mass is 272 g/mol. The molecule has 0 saturated carbocycles. The summed E-state index contributed by atoms with van der Waals surface area (Å²) in [4.78, 5) is 15.7. The highest BCUT2D eigenvalue weighted by atomic mass is 19.4. The number of hydrogen-bond donors (Lipinski definition) is 0. The third-order valence-electron chi connectivity index (χ3n) is 2.58. The fourth-order valence-corrected chi connectivity index (χ4v) is 1.61. The van der Waals surface area contributed by atoms with Gasteiger partial charge in [0, 0.05) is 12.6 Å². The van der Waals surface area contributed by atoms with Crippen LogP contribution in [-0.4, -0.2) is 15.3 Å². The van der Waals surface area contributed by atoms with Gasteiger partial charge in [0.1, 0.15) is 11.5 Å². The van der Waals surface area contributed by atoms with E-state index in [0.29, 0.717) is 12.1 Å². The van der Waals surface area contributed by atoms with Crippen LogP contribution in [0.2, 0.25) is 0 Å². The zero-order valence-corrected chi connectivity index (χ0v) is 9.70. The first-order valence-corrected chi connectivity index (χ1v) is 5.18. The average Bonchev–Trinajstić information content (AvgIpc) is 2.73. The molecule has 1 aromatic carbocycles. The van der Waals surface area contributed by atoms with Crippen LogP contribution in [0.3, 0.4) is 0 Å². The highest BCUT2D eigenvalue weighted by molar-refractivity contribution is 6.07. The summed E-state index contributed by atoms with van der Waals surface area (Å²) in [6, 6.07) is 2.15. The first-order chi connectivity index (χ1) is 8.80. The van der Waals surface area contributed by atoms with Crippen molar-refractivity contribution in [3.05, 3.63) is 53.4 Å². The Morgan fingerprint density at radius 1 is 1.32 bits per heavy atom. The van der Waals surface area contributed by atoms with Gasteiger partial charge in [0.05, 0.1) is 18.1 Å². The van der Waals surface area contributed by atoms with Gasteiger partial charge in [0.2, 0.25) is 5.78 Å². The van der Waals surface area contributed by atoms with Crippen molar-refractivity contribution in [2.24, 2.45) is 7.05 Å². The van der Waals surface area contributed by atoms with Gasteiger partial charge in [-0.25, -0.2) is 9.37 Å². The zero-order chi connectivity index (χ0) is 14.2. The molecule has 2 aromatic rings. The third kappa shape index (κ3) is 2.49. The summed E-state index contributed by atoms with van der Waals surface area (Å²) >= 11 is 0. The molecule has 2 rings (SSSR count).